The summed E-state index contributed by atoms with van der Waals surface area (Å²) in [5.41, 5.74) is 6.79. The summed E-state index contributed by atoms with van der Waals surface area (Å²) in [6, 6.07) is 14.9. The van der Waals surface area contributed by atoms with Crippen LogP contribution in [0.1, 0.15) is 5.56 Å². The molecule has 0 aliphatic heterocycles. The van der Waals surface area contributed by atoms with Crippen LogP contribution < -0.4 is 0 Å². The lowest BCUT2D eigenvalue weighted by molar-refractivity contribution is 1.42. The molecule has 3 aromatic heterocycles. The Morgan fingerprint density at radius 3 is 2.71 bits per heavy atom. The first-order chi connectivity index (χ1) is 10.3. The molecule has 100 valence electrons. The van der Waals surface area contributed by atoms with Crippen LogP contribution in [-0.2, 0) is 0 Å². The van der Waals surface area contributed by atoms with Gasteiger partial charge in [0.2, 0.25) is 0 Å². The third-order valence-electron chi connectivity index (χ3n) is 4.23. The largest absolute Gasteiger partial charge is 0.353 e. The quantitative estimate of drug-likeness (QED) is 0.423. The molecule has 0 saturated carbocycles. The molecule has 0 fully saturated rings. The molecule has 0 radical (unpaired) electrons. The standard InChI is InChI=1S/C18H13N3/c1-10-6-7-12-14(8-10)21-18-16-11-4-2-3-5-13(11)20-15(16)9-19-17(12)18/h2-9,20-21H,1H3. The van der Waals surface area contributed by atoms with E-state index in [9.17, 15) is 0 Å². The van der Waals surface area contributed by atoms with Crippen molar-refractivity contribution >= 4 is 43.7 Å². The molecule has 21 heavy (non-hydrogen) atoms. The number of aryl methyl sites for hydroxylation is 1. The molecule has 3 heteroatoms. The van der Waals surface area contributed by atoms with Crippen molar-refractivity contribution in [2.75, 3.05) is 0 Å². The van der Waals surface area contributed by atoms with Crippen LogP contribution >= 0.6 is 0 Å². The minimum atomic E-state index is 1.04. The Balaban J connectivity index is 2.10. The van der Waals surface area contributed by atoms with Gasteiger partial charge in [0.15, 0.2) is 0 Å². The molecule has 0 unspecified atom stereocenters. The van der Waals surface area contributed by atoms with Crippen molar-refractivity contribution in [1.82, 2.24) is 15.0 Å². The van der Waals surface area contributed by atoms with Gasteiger partial charge in [0.05, 0.1) is 22.7 Å². The lowest BCUT2D eigenvalue weighted by Crippen LogP contribution is -1.77. The van der Waals surface area contributed by atoms with E-state index in [4.69, 9.17) is 0 Å². The first-order valence-corrected chi connectivity index (χ1v) is 7.09. The van der Waals surface area contributed by atoms with Crippen LogP contribution in [0.5, 0.6) is 0 Å². The number of benzene rings is 2. The summed E-state index contributed by atoms with van der Waals surface area (Å²) in [5, 5.41) is 3.65. The first kappa shape index (κ1) is 10.9. The summed E-state index contributed by atoms with van der Waals surface area (Å²) in [7, 11) is 0. The molecule has 0 bridgehead atoms. The molecule has 5 aromatic rings. The summed E-state index contributed by atoms with van der Waals surface area (Å²) in [6.45, 7) is 2.11. The zero-order chi connectivity index (χ0) is 14.0. The topological polar surface area (TPSA) is 44.5 Å². The number of nitrogens with zero attached hydrogens (tertiary/aromatic N) is 1. The third-order valence-corrected chi connectivity index (χ3v) is 4.23. The SMILES string of the molecule is Cc1ccc2c(c1)[nH]c1c2ncc2[nH]c3ccccc3c21. The van der Waals surface area contributed by atoms with E-state index >= 15 is 0 Å². The number of H-pyrrole nitrogens is 2. The highest BCUT2D eigenvalue weighted by Gasteiger charge is 2.12. The van der Waals surface area contributed by atoms with Gasteiger partial charge in [0.1, 0.15) is 0 Å². The van der Waals surface area contributed by atoms with Crippen molar-refractivity contribution in [3.63, 3.8) is 0 Å². The zero-order valence-electron chi connectivity index (χ0n) is 11.6. The van der Waals surface area contributed by atoms with Crippen LogP contribution in [0.15, 0.2) is 48.7 Å². The van der Waals surface area contributed by atoms with Gasteiger partial charge >= 0.3 is 0 Å². The van der Waals surface area contributed by atoms with E-state index in [1.165, 1.54) is 21.7 Å². The molecule has 0 aliphatic carbocycles. The van der Waals surface area contributed by atoms with Gasteiger partial charge in [0, 0.05) is 27.2 Å². The van der Waals surface area contributed by atoms with Crippen LogP contribution in [-0.4, -0.2) is 15.0 Å². The monoisotopic (exact) mass is 271 g/mol. The smallest absolute Gasteiger partial charge is 0.0965 e. The van der Waals surface area contributed by atoms with E-state index in [0.717, 1.165) is 27.6 Å². The Hall–Kier alpha value is -2.81. The minimum Gasteiger partial charge on any atom is -0.353 e. The number of hydrogen-bond acceptors (Lipinski definition) is 1. The number of nitrogens with one attached hydrogen (secondary N) is 2. The molecule has 3 nitrogen and oxygen atoms in total. The molecule has 2 N–H and O–H groups in total. The Bertz CT molecular complexity index is 1140. The predicted molar refractivity (Wildman–Crippen MR) is 87.7 cm³/mol. The maximum Gasteiger partial charge on any atom is 0.0965 e. The average molecular weight is 271 g/mol. The minimum absolute atomic E-state index is 1.04. The predicted octanol–water partition coefficient (Wildman–Crippen LogP) is 4.66. The first-order valence-electron chi connectivity index (χ1n) is 7.09. The molecule has 5 rings (SSSR count). The molecule has 0 amide bonds. The number of para-hydroxylation sites is 1. The average Bonchev–Trinajstić information content (AvgIpc) is 3.03. The van der Waals surface area contributed by atoms with Crippen LogP contribution in [0.2, 0.25) is 0 Å². The second-order valence-corrected chi connectivity index (χ2v) is 5.62. The van der Waals surface area contributed by atoms with Gasteiger partial charge in [-0.2, -0.15) is 0 Å². The lowest BCUT2D eigenvalue weighted by atomic mass is 10.1. The second-order valence-electron chi connectivity index (χ2n) is 5.62. The number of aromatic nitrogens is 3. The highest BCUT2D eigenvalue weighted by atomic mass is 14.8. The van der Waals surface area contributed by atoms with Gasteiger partial charge in [-0.25, -0.2) is 0 Å². The van der Waals surface area contributed by atoms with E-state index in [-0.39, 0.29) is 0 Å². The fraction of sp³-hybridized carbons (Fsp3) is 0.0556. The molecule has 0 atom stereocenters. The Labute approximate surface area is 120 Å². The maximum atomic E-state index is 4.66. The number of rotatable bonds is 0. The fourth-order valence-electron chi connectivity index (χ4n) is 3.27. The third kappa shape index (κ3) is 1.35. The van der Waals surface area contributed by atoms with E-state index in [1.54, 1.807) is 0 Å². The van der Waals surface area contributed by atoms with E-state index < -0.39 is 0 Å². The summed E-state index contributed by atoms with van der Waals surface area (Å²) in [5.74, 6) is 0. The van der Waals surface area contributed by atoms with Gasteiger partial charge < -0.3 is 9.97 Å². The molecule has 3 heterocycles. The number of hydrogen-bond donors (Lipinski definition) is 2. The number of pyridine rings is 1. The van der Waals surface area contributed by atoms with Crippen LogP contribution in [0.25, 0.3) is 43.7 Å². The van der Waals surface area contributed by atoms with E-state index in [1.807, 2.05) is 6.20 Å². The van der Waals surface area contributed by atoms with Crippen molar-refractivity contribution in [1.29, 1.82) is 0 Å². The number of aromatic amines is 2. The summed E-state index contributed by atoms with van der Waals surface area (Å²) >= 11 is 0. The molecular formula is C18H13N3. The molecule has 0 spiro atoms. The van der Waals surface area contributed by atoms with Crippen molar-refractivity contribution in [2.24, 2.45) is 0 Å². The van der Waals surface area contributed by atoms with Crippen molar-refractivity contribution < 1.29 is 0 Å². The Morgan fingerprint density at radius 2 is 1.76 bits per heavy atom. The van der Waals surface area contributed by atoms with Crippen molar-refractivity contribution in [2.45, 2.75) is 6.92 Å². The van der Waals surface area contributed by atoms with E-state index in [0.29, 0.717) is 0 Å². The Morgan fingerprint density at radius 1 is 0.857 bits per heavy atom. The summed E-state index contributed by atoms with van der Waals surface area (Å²) in [6.07, 6.45) is 1.94. The van der Waals surface area contributed by atoms with Crippen LogP contribution in [0, 0.1) is 6.92 Å². The van der Waals surface area contributed by atoms with Crippen LogP contribution in [0.4, 0.5) is 0 Å². The van der Waals surface area contributed by atoms with Crippen LogP contribution in [0.3, 0.4) is 0 Å². The van der Waals surface area contributed by atoms with Gasteiger partial charge in [-0.1, -0.05) is 30.3 Å². The van der Waals surface area contributed by atoms with Gasteiger partial charge in [-0.3, -0.25) is 4.98 Å². The van der Waals surface area contributed by atoms with E-state index in [2.05, 4.69) is 64.3 Å². The van der Waals surface area contributed by atoms with Gasteiger partial charge in [-0.05, 0) is 24.6 Å². The summed E-state index contributed by atoms with van der Waals surface area (Å²) < 4.78 is 0. The van der Waals surface area contributed by atoms with Gasteiger partial charge in [0.25, 0.3) is 0 Å². The lowest BCUT2D eigenvalue weighted by Gasteiger charge is -1.94. The highest BCUT2D eigenvalue weighted by molar-refractivity contribution is 6.22. The molecule has 0 aliphatic rings. The zero-order valence-corrected chi connectivity index (χ0v) is 11.6. The maximum absolute atomic E-state index is 4.66. The van der Waals surface area contributed by atoms with Gasteiger partial charge in [-0.15, -0.1) is 0 Å². The molecule has 2 aromatic carbocycles. The second kappa shape index (κ2) is 3.64. The van der Waals surface area contributed by atoms with Crippen molar-refractivity contribution in [3.8, 4) is 0 Å². The summed E-state index contributed by atoms with van der Waals surface area (Å²) in [4.78, 5) is 11.7. The highest BCUT2D eigenvalue weighted by Crippen LogP contribution is 2.34. The number of fused-ring (bicyclic) bond motifs is 7. The fourth-order valence-corrected chi connectivity index (χ4v) is 3.27. The Kier molecular flexibility index (Phi) is 1.89. The normalized spacial score (nSPS) is 12.0. The molecular weight excluding hydrogens is 258 g/mol. The van der Waals surface area contributed by atoms with Crippen molar-refractivity contribution in [3.05, 3.63) is 54.2 Å². The molecule has 0 saturated heterocycles.